The molecule has 2 N–H and O–H groups in total. The Morgan fingerprint density at radius 1 is 1.39 bits per heavy atom. The smallest absolute Gasteiger partial charge is 0.307 e. The van der Waals surface area contributed by atoms with Crippen LogP contribution < -0.4 is 0 Å². The molecule has 23 heavy (non-hydrogen) atoms. The molecule has 4 rings (SSSR count). The lowest BCUT2D eigenvalue weighted by atomic mass is 9.92. The molecule has 2 aromatic rings. The second-order valence-electron chi connectivity index (χ2n) is 6.41. The van der Waals surface area contributed by atoms with Crippen LogP contribution in [0.5, 0.6) is 0 Å². The average Bonchev–Trinajstić information content (AvgIpc) is 3.06. The molecule has 1 saturated heterocycles. The number of hydrogen-bond acceptors (Lipinski definition) is 4. The van der Waals surface area contributed by atoms with Crippen LogP contribution in [0.25, 0.3) is 11.0 Å². The first-order chi connectivity index (χ1) is 10.9. The van der Waals surface area contributed by atoms with Crippen LogP contribution in [0.2, 0.25) is 0 Å². The molecule has 0 aromatic carbocycles. The van der Waals surface area contributed by atoms with Gasteiger partial charge in [0.2, 0.25) is 10.0 Å². The number of aliphatic carboxylic acids is 1. The third-order valence-electron chi connectivity index (χ3n) is 5.24. The number of aromatic nitrogens is 2. The normalized spacial score (nSPS) is 24.1. The number of pyridine rings is 1. The maximum atomic E-state index is 12.9. The minimum Gasteiger partial charge on any atom is -0.481 e. The summed E-state index contributed by atoms with van der Waals surface area (Å²) in [6.07, 6.45) is 4.99. The first-order valence-electron chi connectivity index (χ1n) is 7.59. The van der Waals surface area contributed by atoms with Gasteiger partial charge in [-0.25, -0.2) is 13.4 Å². The Morgan fingerprint density at radius 3 is 2.78 bits per heavy atom. The molecular formula is C15H17N3O4S. The Morgan fingerprint density at radius 2 is 2.13 bits per heavy atom. The number of carboxylic acid groups (broad SMARTS) is 1. The van der Waals surface area contributed by atoms with E-state index in [0.29, 0.717) is 43.4 Å². The number of carboxylic acids is 1. The molecule has 8 heteroatoms. The fourth-order valence-corrected chi connectivity index (χ4v) is 5.30. The Labute approximate surface area is 133 Å². The quantitative estimate of drug-likeness (QED) is 0.883. The molecule has 0 amide bonds. The third kappa shape index (κ3) is 2.16. The zero-order chi connectivity index (χ0) is 16.2. The van der Waals surface area contributed by atoms with Crippen molar-refractivity contribution in [3.63, 3.8) is 0 Å². The van der Waals surface area contributed by atoms with Crippen molar-refractivity contribution in [1.82, 2.24) is 14.3 Å². The lowest BCUT2D eigenvalue weighted by molar-refractivity contribution is -0.139. The third-order valence-corrected chi connectivity index (χ3v) is 7.18. The van der Waals surface area contributed by atoms with Gasteiger partial charge in [0, 0.05) is 30.9 Å². The van der Waals surface area contributed by atoms with Crippen molar-refractivity contribution in [3.05, 3.63) is 24.5 Å². The molecule has 3 heterocycles. The van der Waals surface area contributed by atoms with Crippen LogP contribution in [0, 0.1) is 11.3 Å². The van der Waals surface area contributed by atoms with E-state index in [1.54, 1.807) is 18.3 Å². The van der Waals surface area contributed by atoms with E-state index in [-0.39, 0.29) is 16.2 Å². The van der Waals surface area contributed by atoms with Crippen LogP contribution in [0.15, 0.2) is 29.4 Å². The van der Waals surface area contributed by atoms with Gasteiger partial charge >= 0.3 is 5.97 Å². The summed E-state index contributed by atoms with van der Waals surface area (Å²) in [5.41, 5.74) is 0.368. The molecule has 7 nitrogen and oxygen atoms in total. The molecule has 1 saturated carbocycles. The van der Waals surface area contributed by atoms with Gasteiger partial charge in [0.05, 0.1) is 5.92 Å². The van der Waals surface area contributed by atoms with Crippen LogP contribution in [0.1, 0.15) is 19.3 Å². The van der Waals surface area contributed by atoms with Crippen molar-refractivity contribution in [2.75, 3.05) is 13.1 Å². The molecule has 0 bridgehead atoms. The van der Waals surface area contributed by atoms with Gasteiger partial charge in [-0.2, -0.15) is 4.31 Å². The number of rotatable bonds is 3. The van der Waals surface area contributed by atoms with E-state index in [4.69, 9.17) is 5.11 Å². The number of fused-ring (bicyclic) bond motifs is 1. The second-order valence-corrected chi connectivity index (χ2v) is 8.32. The standard InChI is InChI=1S/C15H17N3O4S/c19-14(20)11-8-15(11)3-6-18(7-4-15)23(21,22)12-9-17-13-10(12)2-1-5-16-13/h1-2,5,9,11H,3-4,6-8H2,(H,16,17)(H,19,20). The highest BCUT2D eigenvalue weighted by molar-refractivity contribution is 7.89. The number of nitrogens with zero attached hydrogens (tertiary/aromatic N) is 2. The van der Waals surface area contributed by atoms with E-state index in [1.165, 1.54) is 10.5 Å². The maximum Gasteiger partial charge on any atom is 0.307 e. The van der Waals surface area contributed by atoms with E-state index in [0.717, 1.165) is 0 Å². The fourth-order valence-electron chi connectivity index (χ4n) is 3.70. The summed E-state index contributed by atoms with van der Waals surface area (Å²) in [5, 5.41) is 9.71. The molecule has 1 spiro atoms. The molecule has 1 aliphatic carbocycles. The summed E-state index contributed by atoms with van der Waals surface area (Å²) in [7, 11) is -3.59. The Kier molecular flexibility index (Phi) is 3.05. The first kappa shape index (κ1) is 14.6. The predicted molar refractivity (Wildman–Crippen MR) is 82.3 cm³/mol. The van der Waals surface area contributed by atoms with Gasteiger partial charge in [0.15, 0.2) is 0 Å². The summed E-state index contributed by atoms with van der Waals surface area (Å²) in [6.45, 7) is 0.748. The number of hydrogen-bond donors (Lipinski definition) is 2. The number of aromatic amines is 1. The Bertz CT molecular complexity index is 881. The topological polar surface area (TPSA) is 103 Å². The predicted octanol–water partition coefficient (Wildman–Crippen LogP) is 1.44. The highest BCUT2D eigenvalue weighted by Crippen LogP contribution is 2.59. The van der Waals surface area contributed by atoms with Crippen molar-refractivity contribution in [2.45, 2.75) is 24.2 Å². The van der Waals surface area contributed by atoms with E-state index in [2.05, 4.69) is 9.97 Å². The largest absolute Gasteiger partial charge is 0.481 e. The average molecular weight is 335 g/mol. The minimum atomic E-state index is -3.59. The van der Waals surface area contributed by atoms with Gasteiger partial charge in [-0.1, -0.05) is 0 Å². The number of carbonyl (C=O) groups is 1. The van der Waals surface area contributed by atoms with Crippen LogP contribution in [-0.2, 0) is 14.8 Å². The molecule has 2 aliphatic rings. The summed E-state index contributed by atoms with van der Waals surface area (Å²) in [5.74, 6) is -1.06. The molecule has 2 fully saturated rings. The van der Waals surface area contributed by atoms with E-state index in [1.807, 2.05) is 0 Å². The number of nitrogens with one attached hydrogen (secondary N) is 1. The van der Waals surface area contributed by atoms with E-state index >= 15 is 0 Å². The van der Waals surface area contributed by atoms with Gasteiger partial charge < -0.3 is 10.1 Å². The number of piperidine rings is 1. The van der Waals surface area contributed by atoms with Gasteiger partial charge in [-0.15, -0.1) is 0 Å². The van der Waals surface area contributed by atoms with Crippen LogP contribution in [0.4, 0.5) is 0 Å². The van der Waals surface area contributed by atoms with Crippen LogP contribution in [0.3, 0.4) is 0 Å². The number of sulfonamides is 1. The molecule has 1 atom stereocenters. The highest BCUT2D eigenvalue weighted by atomic mass is 32.2. The van der Waals surface area contributed by atoms with Crippen molar-refractivity contribution < 1.29 is 18.3 Å². The molecular weight excluding hydrogens is 318 g/mol. The molecule has 2 aromatic heterocycles. The van der Waals surface area contributed by atoms with Gasteiger partial charge in [-0.05, 0) is 36.8 Å². The molecule has 1 aliphatic heterocycles. The van der Waals surface area contributed by atoms with Gasteiger partial charge in [0.25, 0.3) is 0 Å². The van der Waals surface area contributed by atoms with Crippen molar-refractivity contribution in [3.8, 4) is 0 Å². The van der Waals surface area contributed by atoms with Gasteiger partial charge in [-0.3, -0.25) is 4.79 Å². The zero-order valence-corrected chi connectivity index (χ0v) is 13.2. The minimum absolute atomic E-state index is 0.181. The highest BCUT2D eigenvalue weighted by Gasteiger charge is 2.59. The Balaban J connectivity index is 1.58. The fraction of sp³-hybridized carbons (Fsp3) is 0.467. The van der Waals surface area contributed by atoms with Crippen molar-refractivity contribution in [1.29, 1.82) is 0 Å². The van der Waals surface area contributed by atoms with Crippen molar-refractivity contribution in [2.24, 2.45) is 11.3 Å². The number of H-pyrrole nitrogens is 1. The summed E-state index contributed by atoms with van der Waals surface area (Å²) in [6, 6.07) is 3.44. The van der Waals surface area contributed by atoms with E-state index in [9.17, 15) is 13.2 Å². The van der Waals surface area contributed by atoms with E-state index < -0.39 is 16.0 Å². The SMILES string of the molecule is O=C(O)C1CC12CCN(S(=O)(=O)c1c[nH]c3ncccc13)CC2. The first-order valence-corrected chi connectivity index (χ1v) is 9.03. The summed E-state index contributed by atoms with van der Waals surface area (Å²) in [4.78, 5) is 18.4. The van der Waals surface area contributed by atoms with Crippen LogP contribution >= 0.6 is 0 Å². The lowest BCUT2D eigenvalue weighted by Gasteiger charge is -2.31. The zero-order valence-electron chi connectivity index (χ0n) is 12.4. The summed E-state index contributed by atoms with van der Waals surface area (Å²) < 4.78 is 27.2. The monoisotopic (exact) mass is 335 g/mol. The van der Waals surface area contributed by atoms with Gasteiger partial charge in [0.1, 0.15) is 10.5 Å². The molecule has 122 valence electrons. The second kappa shape index (κ2) is 4.78. The van der Waals surface area contributed by atoms with Crippen molar-refractivity contribution >= 4 is 27.0 Å². The molecule has 0 radical (unpaired) electrons. The molecule has 1 unspecified atom stereocenters. The van der Waals surface area contributed by atoms with Crippen LogP contribution in [-0.4, -0.2) is 46.9 Å². The Hall–Kier alpha value is -1.93. The summed E-state index contributed by atoms with van der Waals surface area (Å²) >= 11 is 0. The maximum absolute atomic E-state index is 12.9. The lowest BCUT2D eigenvalue weighted by Crippen LogP contribution is -2.39.